The number of nitrogens with one attached hydrogen (secondary N) is 1. The van der Waals surface area contributed by atoms with Crippen LogP contribution in [0.1, 0.15) is 0 Å². The van der Waals surface area contributed by atoms with E-state index in [1.165, 1.54) is 18.2 Å². The molecule has 0 atom stereocenters. The van der Waals surface area contributed by atoms with Crippen LogP contribution < -0.4 is 5.32 Å². The third-order valence-corrected chi connectivity index (χ3v) is 3.12. The molecule has 1 N–H and O–H groups in total. The molecule has 0 aliphatic carbocycles. The summed E-state index contributed by atoms with van der Waals surface area (Å²) in [7, 11) is 1.72. The summed E-state index contributed by atoms with van der Waals surface area (Å²) in [6.45, 7) is 0. The standard InChI is InChI=1S/C15H11F2N3/c1-18-15-10-6-3-2-5-9(10)14(19-20-15)13-11(16)7-4-8-12(13)17/h2-8H,1H3,(H,18,20). The zero-order valence-corrected chi connectivity index (χ0v) is 10.7. The molecule has 2 aromatic carbocycles. The number of hydrogen-bond donors (Lipinski definition) is 1. The molecule has 3 rings (SSSR count). The van der Waals surface area contributed by atoms with Gasteiger partial charge in [-0.3, -0.25) is 0 Å². The van der Waals surface area contributed by atoms with Crippen LogP contribution in [0.5, 0.6) is 0 Å². The quantitative estimate of drug-likeness (QED) is 0.773. The Labute approximate surface area is 114 Å². The van der Waals surface area contributed by atoms with Crippen LogP contribution in [0.3, 0.4) is 0 Å². The SMILES string of the molecule is CNc1nnc(-c2c(F)cccc2F)c2ccccc12. The van der Waals surface area contributed by atoms with Gasteiger partial charge in [-0.2, -0.15) is 0 Å². The number of benzene rings is 2. The summed E-state index contributed by atoms with van der Waals surface area (Å²) in [5.74, 6) is -0.732. The Balaban J connectivity index is 2.38. The van der Waals surface area contributed by atoms with Crippen LogP contribution in [0.4, 0.5) is 14.6 Å². The Bertz CT molecular complexity index is 767. The lowest BCUT2D eigenvalue weighted by Crippen LogP contribution is -2.00. The fourth-order valence-corrected chi connectivity index (χ4v) is 2.20. The first-order valence-electron chi connectivity index (χ1n) is 6.10. The molecule has 0 unspecified atom stereocenters. The molecular formula is C15H11F2N3. The van der Waals surface area contributed by atoms with Crippen molar-refractivity contribution < 1.29 is 8.78 Å². The number of nitrogens with zero attached hydrogens (tertiary/aromatic N) is 2. The molecule has 3 nitrogen and oxygen atoms in total. The Morgan fingerprint density at radius 3 is 2.15 bits per heavy atom. The number of halogens is 2. The fraction of sp³-hybridized carbons (Fsp3) is 0.0667. The van der Waals surface area contributed by atoms with Crippen molar-refractivity contribution in [2.45, 2.75) is 0 Å². The van der Waals surface area contributed by atoms with E-state index in [-0.39, 0.29) is 11.3 Å². The van der Waals surface area contributed by atoms with E-state index in [0.717, 1.165) is 5.39 Å². The second-order valence-corrected chi connectivity index (χ2v) is 4.29. The van der Waals surface area contributed by atoms with Crippen LogP contribution in [0, 0.1) is 11.6 Å². The van der Waals surface area contributed by atoms with Crippen molar-refractivity contribution in [3.8, 4) is 11.3 Å². The van der Waals surface area contributed by atoms with Gasteiger partial charge in [0.15, 0.2) is 5.82 Å². The number of hydrogen-bond acceptors (Lipinski definition) is 3. The summed E-state index contributed by atoms with van der Waals surface area (Å²) in [4.78, 5) is 0. The molecule has 0 saturated carbocycles. The summed E-state index contributed by atoms with van der Waals surface area (Å²) >= 11 is 0. The predicted octanol–water partition coefficient (Wildman–Crippen LogP) is 3.62. The monoisotopic (exact) mass is 271 g/mol. The van der Waals surface area contributed by atoms with Gasteiger partial charge in [0.2, 0.25) is 0 Å². The zero-order valence-electron chi connectivity index (χ0n) is 10.7. The van der Waals surface area contributed by atoms with Gasteiger partial charge in [0.25, 0.3) is 0 Å². The lowest BCUT2D eigenvalue weighted by Gasteiger charge is -2.10. The molecule has 1 heterocycles. The lowest BCUT2D eigenvalue weighted by molar-refractivity contribution is 0.588. The molecule has 1 aromatic heterocycles. The minimum atomic E-state index is -0.651. The molecule has 0 spiro atoms. The van der Waals surface area contributed by atoms with Crippen molar-refractivity contribution in [1.82, 2.24) is 10.2 Å². The lowest BCUT2D eigenvalue weighted by atomic mass is 10.0. The van der Waals surface area contributed by atoms with Gasteiger partial charge in [-0.05, 0) is 12.1 Å². The molecule has 0 aliphatic heterocycles. The Morgan fingerprint density at radius 1 is 0.850 bits per heavy atom. The molecule has 100 valence electrons. The number of anilines is 1. The number of aromatic nitrogens is 2. The van der Waals surface area contributed by atoms with Crippen molar-refractivity contribution in [3.63, 3.8) is 0 Å². The van der Waals surface area contributed by atoms with Gasteiger partial charge in [0, 0.05) is 17.8 Å². The summed E-state index contributed by atoms with van der Waals surface area (Å²) in [5, 5.41) is 12.3. The first kappa shape index (κ1) is 12.5. The van der Waals surface area contributed by atoms with E-state index in [2.05, 4.69) is 15.5 Å². The van der Waals surface area contributed by atoms with E-state index in [1.54, 1.807) is 19.2 Å². The minimum Gasteiger partial charge on any atom is -0.371 e. The molecule has 5 heteroatoms. The molecule has 0 radical (unpaired) electrons. The van der Waals surface area contributed by atoms with Crippen LogP contribution >= 0.6 is 0 Å². The van der Waals surface area contributed by atoms with Crippen LogP contribution in [0.25, 0.3) is 22.0 Å². The Morgan fingerprint density at radius 2 is 1.50 bits per heavy atom. The number of rotatable bonds is 2. The van der Waals surface area contributed by atoms with Crippen LogP contribution in [0.2, 0.25) is 0 Å². The first-order chi connectivity index (χ1) is 9.72. The van der Waals surface area contributed by atoms with E-state index < -0.39 is 11.6 Å². The van der Waals surface area contributed by atoms with Crippen LogP contribution in [-0.2, 0) is 0 Å². The van der Waals surface area contributed by atoms with E-state index >= 15 is 0 Å². The predicted molar refractivity (Wildman–Crippen MR) is 74.4 cm³/mol. The molecule has 20 heavy (non-hydrogen) atoms. The second kappa shape index (κ2) is 4.85. The largest absolute Gasteiger partial charge is 0.371 e. The average Bonchev–Trinajstić information content (AvgIpc) is 2.47. The topological polar surface area (TPSA) is 37.8 Å². The van der Waals surface area contributed by atoms with Crippen molar-refractivity contribution in [2.24, 2.45) is 0 Å². The zero-order chi connectivity index (χ0) is 14.1. The molecular weight excluding hydrogens is 260 g/mol. The molecule has 0 saturated heterocycles. The van der Waals surface area contributed by atoms with E-state index in [0.29, 0.717) is 11.2 Å². The van der Waals surface area contributed by atoms with Gasteiger partial charge in [0.05, 0.1) is 5.56 Å². The maximum absolute atomic E-state index is 13.9. The maximum atomic E-state index is 13.9. The van der Waals surface area contributed by atoms with Gasteiger partial charge in [-0.25, -0.2) is 8.78 Å². The Hall–Kier alpha value is -2.56. The van der Waals surface area contributed by atoms with E-state index in [9.17, 15) is 8.78 Å². The molecule has 0 fully saturated rings. The summed E-state index contributed by atoms with van der Waals surface area (Å²) < 4.78 is 27.8. The van der Waals surface area contributed by atoms with Crippen molar-refractivity contribution in [3.05, 3.63) is 54.1 Å². The van der Waals surface area contributed by atoms with Gasteiger partial charge >= 0.3 is 0 Å². The van der Waals surface area contributed by atoms with Crippen LogP contribution in [0.15, 0.2) is 42.5 Å². The average molecular weight is 271 g/mol. The molecule has 0 bridgehead atoms. The van der Waals surface area contributed by atoms with Gasteiger partial charge in [-0.15, -0.1) is 10.2 Å². The normalized spacial score (nSPS) is 10.8. The van der Waals surface area contributed by atoms with Gasteiger partial charge < -0.3 is 5.32 Å². The minimum absolute atomic E-state index is 0.154. The molecule has 3 aromatic rings. The maximum Gasteiger partial charge on any atom is 0.156 e. The van der Waals surface area contributed by atoms with Crippen molar-refractivity contribution in [1.29, 1.82) is 0 Å². The van der Waals surface area contributed by atoms with Gasteiger partial charge in [0.1, 0.15) is 17.3 Å². The number of fused-ring (bicyclic) bond motifs is 1. The second-order valence-electron chi connectivity index (χ2n) is 4.29. The third kappa shape index (κ3) is 1.87. The highest BCUT2D eigenvalue weighted by atomic mass is 19.1. The highest BCUT2D eigenvalue weighted by molar-refractivity contribution is 6.00. The third-order valence-electron chi connectivity index (χ3n) is 3.12. The smallest absolute Gasteiger partial charge is 0.156 e. The van der Waals surface area contributed by atoms with Crippen molar-refractivity contribution >= 4 is 16.6 Å². The molecule has 0 aliphatic rings. The highest BCUT2D eigenvalue weighted by Gasteiger charge is 2.17. The molecule has 0 amide bonds. The van der Waals surface area contributed by atoms with E-state index in [4.69, 9.17) is 0 Å². The van der Waals surface area contributed by atoms with Crippen molar-refractivity contribution in [2.75, 3.05) is 12.4 Å². The summed E-state index contributed by atoms with van der Waals surface area (Å²) in [5.41, 5.74) is 0.0500. The first-order valence-corrected chi connectivity index (χ1v) is 6.10. The fourth-order valence-electron chi connectivity index (χ4n) is 2.20. The summed E-state index contributed by atoms with van der Waals surface area (Å²) in [6.07, 6.45) is 0. The highest BCUT2D eigenvalue weighted by Crippen LogP contribution is 2.32. The van der Waals surface area contributed by atoms with E-state index in [1.807, 2.05) is 12.1 Å². The Kier molecular flexibility index (Phi) is 3.02. The van der Waals surface area contributed by atoms with Crippen LogP contribution in [-0.4, -0.2) is 17.2 Å². The summed E-state index contributed by atoms with van der Waals surface area (Å²) in [6, 6.07) is 11.0. The van der Waals surface area contributed by atoms with Gasteiger partial charge in [-0.1, -0.05) is 30.3 Å².